The molecule has 1 aliphatic heterocycles. The monoisotopic (exact) mass is 208 g/mol. The van der Waals surface area contributed by atoms with Crippen molar-refractivity contribution in [3.05, 3.63) is 0 Å². The van der Waals surface area contributed by atoms with Crippen LogP contribution in [0.2, 0.25) is 0 Å². The van der Waals surface area contributed by atoms with Gasteiger partial charge in [-0.3, -0.25) is 9.45 Å². The summed E-state index contributed by atoms with van der Waals surface area (Å²) < 4.78 is 31.4. The van der Waals surface area contributed by atoms with Gasteiger partial charge in [-0.25, -0.2) is 0 Å². The van der Waals surface area contributed by atoms with Crippen molar-refractivity contribution in [2.45, 2.75) is 25.8 Å². The number of hydrogen-bond acceptors (Lipinski definition) is 3. The summed E-state index contributed by atoms with van der Waals surface area (Å²) in [4.78, 5) is 2.21. The summed E-state index contributed by atoms with van der Waals surface area (Å²) in [7, 11) is -4.02. The third-order valence-electron chi connectivity index (χ3n) is 2.41. The van der Waals surface area contributed by atoms with Gasteiger partial charge in [-0.2, -0.15) is 13.1 Å². The van der Waals surface area contributed by atoms with E-state index in [-0.39, 0.29) is 6.04 Å². The molecule has 1 rings (SSSR count). The predicted octanol–water partition coefficient (Wildman–Crippen LogP) is -0.137. The van der Waals surface area contributed by atoms with Gasteiger partial charge in [0.15, 0.2) is 0 Å². The number of likely N-dealkylation sites (N-methyl/N-ethyl adjacent to an activating group) is 1. The molecule has 1 aliphatic rings. The van der Waals surface area contributed by atoms with Crippen LogP contribution in [-0.2, 0) is 10.3 Å². The standard InChI is InChI=1S/C7H16N2O3S/c1-2-9-5-3-4-7(9)6-8-13(10,11)12/h7-8H,2-6H2,1H3,(H,10,11,12)/t7-/m0/s1. The maximum atomic E-state index is 10.4. The molecule has 0 aliphatic carbocycles. The first-order valence-corrected chi connectivity index (χ1v) is 5.93. The minimum atomic E-state index is -4.02. The first-order chi connectivity index (χ1) is 6.03. The Morgan fingerprint density at radius 2 is 2.31 bits per heavy atom. The largest absolute Gasteiger partial charge is 0.333 e. The first kappa shape index (κ1) is 10.9. The molecule has 0 aromatic rings. The van der Waals surface area contributed by atoms with Gasteiger partial charge in [0.1, 0.15) is 0 Å². The van der Waals surface area contributed by atoms with Crippen LogP contribution < -0.4 is 4.72 Å². The van der Waals surface area contributed by atoms with E-state index in [0.29, 0.717) is 6.54 Å². The Kier molecular flexibility index (Phi) is 3.66. The SMILES string of the molecule is CCN1CCC[C@H]1CNS(=O)(=O)O. The lowest BCUT2D eigenvalue weighted by molar-refractivity contribution is 0.266. The van der Waals surface area contributed by atoms with Crippen molar-refractivity contribution >= 4 is 10.3 Å². The van der Waals surface area contributed by atoms with E-state index in [1.54, 1.807) is 0 Å². The van der Waals surface area contributed by atoms with Crippen molar-refractivity contribution in [3.8, 4) is 0 Å². The molecule has 1 atom stereocenters. The van der Waals surface area contributed by atoms with Gasteiger partial charge in [-0.1, -0.05) is 6.92 Å². The molecule has 0 spiro atoms. The molecule has 1 saturated heterocycles. The van der Waals surface area contributed by atoms with Crippen LogP contribution >= 0.6 is 0 Å². The van der Waals surface area contributed by atoms with Crippen LogP contribution in [0, 0.1) is 0 Å². The Morgan fingerprint density at radius 1 is 1.62 bits per heavy atom. The molecule has 5 nitrogen and oxygen atoms in total. The normalized spacial score (nSPS) is 25.2. The zero-order valence-electron chi connectivity index (χ0n) is 7.73. The van der Waals surface area contributed by atoms with Crippen LogP contribution in [0.15, 0.2) is 0 Å². The Hall–Kier alpha value is -0.170. The molecule has 0 bridgehead atoms. The topological polar surface area (TPSA) is 69.6 Å². The molecule has 0 aromatic heterocycles. The molecule has 2 N–H and O–H groups in total. The average Bonchev–Trinajstić information content (AvgIpc) is 2.46. The average molecular weight is 208 g/mol. The summed E-state index contributed by atoms with van der Waals surface area (Å²) in [5, 5.41) is 0. The van der Waals surface area contributed by atoms with Crippen molar-refractivity contribution < 1.29 is 13.0 Å². The van der Waals surface area contributed by atoms with Crippen molar-refractivity contribution in [3.63, 3.8) is 0 Å². The fourth-order valence-electron chi connectivity index (χ4n) is 1.74. The van der Waals surface area contributed by atoms with Gasteiger partial charge >= 0.3 is 10.3 Å². The fourth-order valence-corrected chi connectivity index (χ4v) is 2.15. The fraction of sp³-hybridized carbons (Fsp3) is 1.00. The molecule has 0 radical (unpaired) electrons. The molecular weight excluding hydrogens is 192 g/mol. The smallest absolute Gasteiger partial charge is 0.299 e. The lowest BCUT2D eigenvalue weighted by Gasteiger charge is -2.21. The molecule has 0 amide bonds. The lowest BCUT2D eigenvalue weighted by Crippen LogP contribution is -2.39. The van der Waals surface area contributed by atoms with Gasteiger partial charge < -0.3 is 0 Å². The van der Waals surface area contributed by atoms with Gasteiger partial charge in [0.25, 0.3) is 0 Å². The summed E-state index contributed by atoms with van der Waals surface area (Å²) in [6.45, 7) is 4.31. The third-order valence-corrected chi connectivity index (χ3v) is 2.94. The molecule has 0 aromatic carbocycles. The molecule has 78 valence electrons. The van der Waals surface area contributed by atoms with E-state index in [1.807, 2.05) is 6.92 Å². The Balaban J connectivity index is 2.36. The van der Waals surface area contributed by atoms with Gasteiger partial charge in [0.05, 0.1) is 0 Å². The summed E-state index contributed by atoms with van der Waals surface area (Å²) in [6, 6.07) is 0.243. The van der Waals surface area contributed by atoms with Crippen molar-refractivity contribution in [1.82, 2.24) is 9.62 Å². The van der Waals surface area contributed by atoms with Crippen LogP contribution in [0.4, 0.5) is 0 Å². The summed E-state index contributed by atoms with van der Waals surface area (Å²) >= 11 is 0. The van der Waals surface area contributed by atoms with E-state index in [1.165, 1.54) is 0 Å². The second-order valence-corrected chi connectivity index (χ2v) is 4.49. The Bertz CT molecular complexity index is 252. The van der Waals surface area contributed by atoms with E-state index in [9.17, 15) is 8.42 Å². The van der Waals surface area contributed by atoms with E-state index < -0.39 is 10.3 Å². The molecular formula is C7H16N2O3S. The molecule has 6 heteroatoms. The summed E-state index contributed by atoms with van der Waals surface area (Å²) in [5.41, 5.74) is 0. The summed E-state index contributed by atoms with van der Waals surface area (Å²) in [6.07, 6.45) is 2.10. The summed E-state index contributed by atoms with van der Waals surface area (Å²) in [5.74, 6) is 0. The highest BCUT2D eigenvalue weighted by molar-refractivity contribution is 7.83. The minimum absolute atomic E-state index is 0.243. The molecule has 0 saturated carbocycles. The second-order valence-electron chi connectivity index (χ2n) is 3.25. The van der Waals surface area contributed by atoms with Crippen molar-refractivity contribution in [2.75, 3.05) is 19.6 Å². The quantitative estimate of drug-likeness (QED) is 0.631. The Morgan fingerprint density at radius 3 is 2.85 bits per heavy atom. The number of nitrogens with one attached hydrogen (secondary N) is 1. The maximum Gasteiger partial charge on any atom is 0.333 e. The van der Waals surface area contributed by atoms with Gasteiger partial charge in [-0.15, -0.1) is 0 Å². The zero-order valence-corrected chi connectivity index (χ0v) is 8.55. The van der Waals surface area contributed by atoms with Crippen molar-refractivity contribution in [1.29, 1.82) is 0 Å². The maximum absolute atomic E-state index is 10.4. The van der Waals surface area contributed by atoms with Crippen LogP contribution in [-0.4, -0.2) is 43.5 Å². The first-order valence-electron chi connectivity index (χ1n) is 4.49. The number of nitrogens with zero attached hydrogens (tertiary/aromatic N) is 1. The highest BCUT2D eigenvalue weighted by Gasteiger charge is 2.23. The zero-order chi connectivity index (χ0) is 9.90. The van der Waals surface area contributed by atoms with Gasteiger partial charge in [0.2, 0.25) is 0 Å². The van der Waals surface area contributed by atoms with E-state index in [0.717, 1.165) is 25.9 Å². The van der Waals surface area contributed by atoms with Crippen LogP contribution in [0.5, 0.6) is 0 Å². The third kappa shape index (κ3) is 3.60. The van der Waals surface area contributed by atoms with Crippen molar-refractivity contribution in [2.24, 2.45) is 0 Å². The van der Waals surface area contributed by atoms with E-state index in [2.05, 4.69) is 9.62 Å². The van der Waals surface area contributed by atoms with E-state index >= 15 is 0 Å². The number of hydrogen-bond donors (Lipinski definition) is 2. The Labute approximate surface area is 79.0 Å². The number of rotatable bonds is 4. The molecule has 0 unspecified atom stereocenters. The van der Waals surface area contributed by atoms with Gasteiger partial charge in [-0.05, 0) is 25.9 Å². The van der Waals surface area contributed by atoms with Gasteiger partial charge in [0, 0.05) is 12.6 Å². The lowest BCUT2D eigenvalue weighted by atomic mass is 10.2. The van der Waals surface area contributed by atoms with Crippen LogP contribution in [0.1, 0.15) is 19.8 Å². The molecule has 1 heterocycles. The molecule has 1 fully saturated rings. The minimum Gasteiger partial charge on any atom is -0.299 e. The predicted molar refractivity (Wildman–Crippen MR) is 49.8 cm³/mol. The highest BCUT2D eigenvalue weighted by atomic mass is 32.2. The molecule has 13 heavy (non-hydrogen) atoms. The van der Waals surface area contributed by atoms with Crippen LogP contribution in [0.25, 0.3) is 0 Å². The van der Waals surface area contributed by atoms with Crippen LogP contribution in [0.3, 0.4) is 0 Å². The van der Waals surface area contributed by atoms with E-state index in [4.69, 9.17) is 4.55 Å². The second kappa shape index (κ2) is 4.36. The highest BCUT2D eigenvalue weighted by Crippen LogP contribution is 2.15. The number of likely N-dealkylation sites (tertiary alicyclic amines) is 1.